The summed E-state index contributed by atoms with van der Waals surface area (Å²) in [5.41, 5.74) is 2.93. The van der Waals surface area contributed by atoms with E-state index in [1.165, 1.54) is 23.3 Å². The van der Waals surface area contributed by atoms with Gasteiger partial charge in [-0.25, -0.2) is 0 Å². The number of ether oxygens (including phenoxy) is 1. The summed E-state index contributed by atoms with van der Waals surface area (Å²) >= 11 is 0. The van der Waals surface area contributed by atoms with Crippen molar-refractivity contribution in [3.63, 3.8) is 0 Å². The van der Waals surface area contributed by atoms with Crippen molar-refractivity contribution in [2.75, 3.05) is 6.54 Å². The molecule has 25 heavy (non-hydrogen) atoms. The normalized spacial score (nSPS) is 17.1. The molecule has 1 aliphatic heterocycles. The standard InChI is InChI=1S/C20H21F2NO2/c1-14-4-6-15(7-5-14)13-17-3-2-12-23(17)19(24)16-8-10-18(11-9-16)25-20(21)22/h4-11,17,20H,2-3,12-13H2,1H3. The number of nitrogens with zero attached hydrogens (tertiary/aromatic N) is 1. The van der Waals surface area contributed by atoms with Crippen molar-refractivity contribution in [1.29, 1.82) is 0 Å². The lowest BCUT2D eigenvalue weighted by atomic mass is 10.0. The summed E-state index contributed by atoms with van der Waals surface area (Å²) in [6, 6.07) is 14.4. The van der Waals surface area contributed by atoms with Crippen LogP contribution < -0.4 is 4.74 Å². The van der Waals surface area contributed by atoms with Crippen molar-refractivity contribution in [3.05, 3.63) is 65.2 Å². The highest BCUT2D eigenvalue weighted by Crippen LogP contribution is 2.24. The average Bonchev–Trinajstić information content (AvgIpc) is 3.04. The Hall–Kier alpha value is -2.43. The van der Waals surface area contributed by atoms with Crippen LogP contribution in [0.3, 0.4) is 0 Å². The van der Waals surface area contributed by atoms with Crippen molar-refractivity contribution in [2.24, 2.45) is 0 Å². The molecule has 0 aromatic heterocycles. The second-order valence-corrected chi connectivity index (χ2v) is 6.39. The zero-order valence-electron chi connectivity index (χ0n) is 14.1. The van der Waals surface area contributed by atoms with Crippen LogP contribution in [0.25, 0.3) is 0 Å². The molecule has 1 unspecified atom stereocenters. The maximum Gasteiger partial charge on any atom is 0.387 e. The van der Waals surface area contributed by atoms with Gasteiger partial charge in [-0.3, -0.25) is 4.79 Å². The Morgan fingerprint density at radius 3 is 2.48 bits per heavy atom. The van der Waals surface area contributed by atoms with Gasteiger partial charge in [0.2, 0.25) is 0 Å². The predicted octanol–water partition coefficient (Wildman–Crippen LogP) is 4.44. The summed E-state index contributed by atoms with van der Waals surface area (Å²) < 4.78 is 28.7. The Balaban J connectivity index is 1.68. The lowest BCUT2D eigenvalue weighted by molar-refractivity contribution is -0.0498. The number of carbonyl (C=O) groups is 1. The fourth-order valence-corrected chi connectivity index (χ4v) is 3.26. The van der Waals surface area contributed by atoms with Gasteiger partial charge >= 0.3 is 6.61 Å². The second kappa shape index (κ2) is 7.64. The molecule has 1 amide bonds. The van der Waals surface area contributed by atoms with E-state index in [1.54, 1.807) is 12.1 Å². The summed E-state index contributed by atoms with van der Waals surface area (Å²) in [5, 5.41) is 0. The third-order valence-electron chi connectivity index (χ3n) is 4.56. The van der Waals surface area contributed by atoms with Gasteiger partial charge in [-0.15, -0.1) is 0 Å². The minimum atomic E-state index is -2.86. The highest BCUT2D eigenvalue weighted by Gasteiger charge is 2.29. The molecule has 2 aromatic rings. The third kappa shape index (κ3) is 4.35. The van der Waals surface area contributed by atoms with Crippen molar-refractivity contribution >= 4 is 5.91 Å². The quantitative estimate of drug-likeness (QED) is 0.802. The van der Waals surface area contributed by atoms with Crippen LogP contribution in [0.1, 0.15) is 34.3 Å². The third-order valence-corrected chi connectivity index (χ3v) is 4.56. The fraction of sp³-hybridized carbons (Fsp3) is 0.350. The van der Waals surface area contributed by atoms with Gasteiger partial charge in [-0.2, -0.15) is 8.78 Å². The molecule has 0 N–H and O–H groups in total. The number of hydrogen-bond acceptors (Lipinski definition) is 2. The number of hydrogen-bond donors (Lipinski definition) is 0. The van der Waals surface area contributed by atoms with E-state index in [4.69, 9.17) is 0 Å². The maximum atomic E-state index is 12.8. The molecule has 1 atom stereocenters. The number of alkyl halides is 2. The van der Waals surface area contributed by atoms with Crippen molar-refractivity contribution in [2.45, 2.75) is 38.8 Å². The first-order valence-corrected chi connectivity index (χ1v) is 8.44. The van der Waals surface area contributed by atoms with E-state index in [2.05, 4.69) is 35.9 Å². The lowest BCUT2D eigenvalue weighted by Gasteiger charge is -2.25. The molecule has 132 valence electrons. The van der Waals surface area contributed by atoms with E-state index < -0.39 is 6.61 Å². The molecule has 3 nitrogen and oxygen atoms in total. The average molecular weight is 345 g/mol. The van der Waals surface area contributed by atoms with Gasteiger partial charge < -0.3 is 9.64 Å². The molecule has 1 aliphatic rings. The van der Waals surface area contributed by atoms with Crippen LogP contribution in [-0.2, 0) is 6.42 Å². The first-order valence-electron chi connectivity index (χ1n) is 8.44. The molecule has 0 bridgehead atoms. The summed E-state index contributed by atoms with van der Waals surface area (Å²) in [6.07, 6.45) is 2.79. The van der Waals surface area contributed by atoms with Gasteiger partial charge in [0, 0.05) is 18.2 Å². The molecule has 1 fully saturated rings. The number of rotatable bonds is 5. The zero-order valence-corrected chi connectivity index (χ0v) is 14.1. The first kappa shape index (κ1) is 17.4. The summed E-state index contributed by atoms with van der Waals surface area (Å²) in [4.78, 5) is 14.7. The molecule has 5 heteroatoms. The molecule has 0 aliphatic carbocycles. The Morgan fingerprint density at radius 1 is 1.16 bits per heavy atom. The molecule has 0 saturated carbocycles. The molecule has 2 aromatic carbocycles. The van der Waals surface area contributed by atoms with Gasteiger partial charge in [0.1, 0.15) is 5.75 Å². The minimum Gasteiger partial charge on any atom is -0.435 e. The van der Waals surface area contributed by atoms with E-state index >= 15 is 0 Å². The molecule has 1 saturated heterocycles. The monoisotopic (exact) mass is 345 g/mol. The van der Waals surface area contributed by atoms with E-state index in [0.717, 1.165) is 25.8 Å². The molecule has 0 spiro atoms. The summed E-state index contributed by atoms with van der Waals surface area (Å²) in [5.74, 6) is 0.00221. The van der Waals surface area contributed by atoms with Crippen molar-refractivity contribution < 1.29 is 18.3 Å². The Labute approximate surface area is 146 Å². The van der Waals surface area contributed by atoms with Crippen molar-refractivity contribution in [3.8, 4) is 5.75 Å². The number of amides is 1. The smallest absolute Gasteiger partial charge is 0.387 e. The van der Waals surface area contributed by atoms with Gasteiger partial charge in [-0.1, -0.05) is 29.8 Å². The van der Waals surface area contributed by atoms with Crippen LogP contribution in [-0.4, -0.2) is 30.0 Å². The van der Waals surface area contributed by atoms with Crippen LogP contribution in [0.15, 0.2) is 48.5 Å². The number of aryl methyl sites for hydroxylation is 1. The first-order chi connectivity index (χ1) is 12.0. The topological polar surface area (TPSA) is 29.5 Å². The number of benzene rings is 2. The van der Waals surface area contributed by atoms with Gasteiger partial charge in [0.05, 0.1) is 0 Å². The van der Waals surface area contributed by atoms with E-state index in [1.807, 2.05) is 4.90 Å². The SMILES string of the molecule is Cc1ccc(CC2CCCN2C(=O)c2ccc(OC(F)F)cc2)cc1. The molecular formula is C20H21F2NO2. The number of carbonyl (C=O) groups excluding carboxylic acids is 1. The van der Waals surface area contributed by atoms with Crippen molar-refractivity contribution in [1.82, 2.24) is 4.90 Å². The van der Waals surface area contributed by atoms with Crippen LogP contribution in [0.5, 0.6) is 5.75 Å². The number of halogens is 2. The maximum absolute atomic E-state index is 12.8. The summed E-state index contributed by atoms with van der Waals surface area (Å²) in [7, 11) is 0. The van der Waals surface area contributed by atoms with Gasteiger partial charge in [0.15, 0.2) is 0 Å². The predicted molar refractivity (Wildman–Crippen MR) is 92.0 cm³/mol. The van der Waals surface area contributed by atoms with Crippen LogP contribution >= 0.6 is 0 Å². The molecule has 0 radical (unpaired) electrons. The summed E-state index contributed by atoms with van der Waals surface area (Å²) in [6.45, 7) is -0.0830. The fourth-order valence-electron chi connectivity index (χ4n) is 3.26. The van der Waals surface area contributed by atoms with Crippen LogP contribution in [0.4, 0.5) is 8.78 Å². The van der Waals surface area contributed by atoms with Crippen LogP contribution in [0, 0.1) is 6.92 Å². The van der Waals surface area contributed by atoms with Gasteiger partial charge in [-0.05, 0) is 56.0 Å². The second-order valence-electron chi connectivity index (χ2n) is 6.39. The molecule has 3 rings (SSSR count). The lowest BCUT2D eigenvalue weighted by Crippen LogP contribution is -2.36. The Kier molecular flexibility index (Phi) is 5.31. The number of likely N-dealkylation sites (tertiary alicyclic amines) is 1. The zero-order chi connectivity index (χ0) is 17.8. The highest BCUT2D eigenvalue weighted by atomic mass is 19.3. The van der Waals surface area contributed by atoms with Gasteiger partial charge in [0.25, 0.3) is 5.91 Å². The largest absolute Gasteiger partial charge is 0.435 e. The Morgan fingerprint density at radius 2 is 1.84 bits per heavy atom. The minimum absolute atomic E-state index is 0.0572. The molecule has 1 heterocycles. The van der Waals surface area contributed by atoms with E-state index in [9.17, 15) is 13.6 Å². The van der Waals surface area contributed by atoms with E-state index in [-0.39, 0.29) is 17.7 Å². The highest BCUT2D eigenvalue weighted by molar-refractivity contribution is 5.94. The molecular weight excluding hydrogens is 324 g/mol. The van der Waals surface area contributed by atoms with Crippen LogP contribution in [0.2, 0.25) is 0 Å². The van der Waals surface area contributed by atoms with E-state index in [0.29, 0.717) is 5.56 Å². The Bertz CT molecular complexity index is 713.